The Morgan fingerprint density at radius 2 is 1.71 bits per heavy atom. The maximum Gasteiger partial charge on any atom is 0.238 e. The van der Waals surface area contributed by atoms with Gasteiger partial charge in [-0.1, -0.05) is 0 Å². The Kier molecular flexibility index (Phi) is 7.78. The number of aliphatic hydroxyl groups is 2. The molecule has 13 heteroatoms. The number of aromatic hydroxyl groups is 2. The smallest absolute Gasteiger partial charge is 0.238 e. The number of likely N-dealkylation sites (N-methyl/N-ethyl adjacent to an activating group) is 1. The summed E-state index contributed by atoms with van der Waals surface area (Å²) in [4.78, 5) is 55.6. The normalized spacial score (nSPS) is 25.8. The number of anilines is 2. The van der Waals surface area contributed by atoms with Crippen LogP contribution in [0.2, 0.25) is 0 Å². The standard InChI is InChI=1S/C29H39N5O8/c1-28(2,3)31-11-17(35)32-15-10-16(33(4)5)13-8-12-9-14-21(34(6)7)24(38)20(27(30)41)26(40)29(14,42)25(39)18(12)23(37)19(13)22(15)36/h8,10,14,20-21,24,31,36-38,42H,9,11H2,1-7H3,(H2,30,41)(H,32,35)/t14-,20?,21-,24?,29-/m0/s1. The van der Waals surface area contributed by atoms with Crippen molar-refractivity contribution in [3.8, 4) is 11.5 Å². The third kappa shape index (κ3) is 4.85. The Balaban J connectivity index is 1.93. The molecule has 2 aromatic rings. The van der Waals surface area contributed by atoms with Crippen LogP contribution in [0.25, 0.3) is 10.8 Å². The fraction of sp³-hybridized carbons (Fsp3) is 0.517. The van der Waals surface area contributed by atoms with Crippen molar-refractivity contribution in [3.05, 3.63) is 23.3 Å². The predicted octanol–water partition coefficient (Wildman–Crippen LogP) is -0.295. The SMILES string of the molecule is CN(C)c1cc(NC(=O)CNC(C)(C)C)c(O)c2c(O)c3c(cc12)C[C@H]1[C@H](N(C)C)C(O)C(C(N)=O)C(=O)[C@@]1(O)C3=O. The average Bonchev–Trinajstić information content (AvgIpc) is 2.85. The van der Waals surface area contributed by atoms with Crippen molar-refractivity contribution in [1.82, 2.24) is 10.2 Å². The lowest BCUT2D eigenvalue weighted by molar-refractivity contribution is -0.169. The highest BCUT2D eigenvalue weighted by Crippen LogP contribution is 2.51. The second-order valence-corrected chi connectivity index (χ2v) is 12.6. The van der Waals surface area contributed by atoms with Gasteiger partial charge in [-0.25, -0.2) is 0 Å². The van der Waals surface area contributed by atoms with Crippen molar-refractivity contribution in [1.29, 1.82) is 0 Å². The van der Waals surface area contributed by atoms with Gasteiger partial charge in [-0.2, -0.15) is 0 Å². The molecule has 2 aliphatic carbocycles. The van der Waals surface area contributed by atoms with E-state index in [-0.39, 0.29) is 35.1 Å². The van der Waals surface area contributed by atoms with Gasteiger partial charge in [0.25, 0.3) is 0 Å². The minimum absolute atomic E-state index is 0.0275. The number of carbonyl (C=O) groups excluding carboxylic acids is 4. The molecule has 1 fully saturated rings. The van der Waals surface area contributed by atoms with Crippen LogP contribution in [0.15, 0.2) is 12.1 Å². The van der Waals surface area contributed by atoms with E-state index in [0.717, 1.165) is 0 Å². The summed E-state index contributed by atoms with van der Waals surface area (Å²) in [7, 11) is 6.60. The fourth-order valence-corrected chi connectivity index (χ4v) is 6.20. The summed E-state index contributed by atoms with van der Waals surface area (Å²) in [6.45, 7) is 5.60. The Bertz CT molecular complexity index is 1500. The molecule has 2 amide bonds. The Morgan fingerprint density at radius 3 is 2.24 bits per heavy atom. The van der Waals surface area contributed by atoms with Gasteiger partial charge in [-0.05, 0) is 59.0 Å². The third-order valence-electron chi connectivity index (χ3n) is 8.18. The molecule has 13 nitrogen and oxygen atoms in total. The summed E-state index contributed by atoms with van der Waals surface area (Å²) in [5, 5.41) is 51.3. The van der Waals surface area contributed by atoms with Crippen LogP contribution in [0.4, 0.5) is 11.4 Å². The number of fused-ring (bicyclic) bond motifs is 3. The topological polar surface area (TPSA) is 206 Å². The molecular weight excluding hydrogens is 546 g/mol. The second-order valence-electron chi connectivity index (χ2n) is 12.6. The van der Waals surface area contributed by atoms with E-state index in [4.69, 9.17) is 5.73 Å². The predicted molar refractivity (Wildman–Crippen MR) is 156 cm³/mol. The van der Waals surface area contributed by atoms with Crippen LogP contribution in [-0.4, -0.2) is 107 Å². The summed E-state index contributed by atoms with van der Waals surface area (Å²) in [5.74, 6) is -8.31. The molecule has 0 saturated heterocycles. The van der Waals surface area contributed by atoms with Gasteiger partial charge in [-0.3, -0.25) is 19.2 Å². The van der Waals surface area contributed by atoms with E-state index >= 15 is 0 Å². The van der Waals surface area contributed by atoms with Gasteiger partial charge < -0.3 is 46.6 Å². The largest absolute Gasteiger partial charge is 0.506 e. The Morgan fingerprint density at radius 1 is 1.10 bits per heavy atom. The Labute approximate surface area is 243 Å². The number of phenols is 2. The lowest BCUT2D eigenvalue weighted by Gasteiger charge is -2.51. The van der Waals surface area contributed by atoms with E-state index in [9.17, 15) is 39.6 Å². The molecule has 0 aromatic heterocycles. The third-order valence-corrected chi connectivity index (χ3v) is 8.18. The van der Waals surface area contributed by atoms with Crippen LogP contribution in [0, 0.1) is 11.8 Å². The van der Waals surface area contributed by atoms with Crippen molar-refractivity contribution in [2.24, 2.45) is 17.6 Å². The van der Waals surface area contributed by atoms with Crippen LogP contribution in [0.1, 0.15) is 36.7 Å². The summed E-state index contributed by atoms with van der Waals surface area (Å²) >= 11 is 0. The van der Waals surface area contributed by atoms with Gasteiger partial charge in [0.2, 0.25) is 17.6 Å². The quantitative estimate of drug-likeness (QED) is 0.173. The molecule has 42 heavy (non-hydrogen) atoms. The van der Waals surface area contributed by atoms with Crippen molar-refractivity contribution >= 4 is 45.5 Å². The first-order valence-corrected chi connectivity index (χ1v) is 13.5. The summed E-state index contributed by atoms with van der Waals surface area (Å²) in [5.41, 5.74) is 2.63. The first-order chi connectivity index (χ1) is 19.3. The molecule has 8 N–H and O–H groups in total. The number of primary amides is 1. The van der Waals surface area contributed by atoms with Crippen molar-refractivity contribution < 1.29 is 39.6 Å². The summed E-state index contributed by atoms with van der Waals surface area (Å²) in [6.07, 6.45) is -1.71. The highest BCUT2D eigenvalue weighted by molar-refractivity contribution is 6.26. The van der Waals surface area contributed by atoms with Crippen molar-refractivity contribution in [2.75, 3.05) is 45.0 Å². The number of rotatable bonds is 6. The van der Waals surface area contributed by atoms with Crippen LogP contribution in [-0.2, 0) is 20.8 Å². The van der Waals surface area contributed by atoms with E-state index in [1.165, 1.54) is 11.0 Å². The molecule has 2 aromatic carbocycles. The van der Waals surface area contributed by atoms with Gasteiger partial charge >= 0.3 is 0 Å². The molecule has 4 rings (SSSR count). The monoisotopic (exact) mass is 585 g/mol. The lowest BCUT2D eigenvalue weighted by Crippen LogP contribution is -2.72. The van der Waals surface area contributed by atoms with Crippen molar-refractivity contribution in [3.63, 3.8) is 0 Å². The van der Waals surface area contributed by atoms with Gasteiger partial charge in [-0.15, -0.1) is 0 Å². The molecule has 5 atom stereocenters. The summed E-state index contributed by atoms with van der Waals surface area (Å²) in [6, 6.07) is 2.10. The molecule has 0 heterocycles. The number of nitrogens with zero attached hydrogens (tertiary/aromatic N) is 2. The highest BCUT2D eigenvalue weighted by atomic mass is 16.3. The minimum Gasteiger partial charge on any atom is -0.506 e. The van der Waals surface area contributed by atoms with Gasteiger partial charge in [0.05, 0.1) is 29.3 Å². The van der Waals surface area contributed by atoms with E-state index in [0.29, 0.717) is 11.1 Å². The molecule has 0 radical (unpaired) electrons. The molecule has 0 bridgehead atoms. The minimum atomic E-state index is -2.78. The van der Waals surface area contributed by atoms with Gasteiger partial charge in [0, 0.05) is 42.7 Å². The van der Waals surface area contributed by atoms with E-state index in [1.54, 1.807) is 39.2 Å². The first-order valence-electron chi connectivity index (χ1n) is 13.5. The van der Waals surface area contributed by atoms with Crippen LogP contribution >= 0.6 is 0 Å². The number of hydrogen-bond donors (Lipinski definition) is 7. The zero-order chi connectivity index (χ0) is 31.6. The number of benzene rings is 2. The molecule has 0 spiro atoms. The Hall–Kier alpha value is -3.78. The number of carbonyl (C=O) groups is 4. The number of nitrogens with one attached hydrogen (secondary N) is 2. The van der Waals surface area contributed by atoms with Crippen LogP contribution < -0.4 is 21.3 Å². The summed E-state index contributed by atoms with van der Waals surface area (Å²) < 4.78 is 0. The molecule has 228 valence electrons. The number of ketones is 2. The van der Waals surface area contributed by atoms with E-state index in [1.807, 2.05) is 20.8 Å². The van der Waals surface area contributed by atoms with E-state index < -0.39 is 70.0 Å². The maximum absolute atomic E-state index is 14.0. The highest BCUT2D eigenvalue weighted by Gasteiger charge is 2.66. The number of amides is 2. The molecule has 2 unspecified atom stereocenters. The number of phenolic OH excluding ortho intramolecular Hbond substituents is 2. The number of Topliss-reactive ketones (excluding diaryl/α,β-unsaturated/α-hetero) is 2. The van der Waals surface area contributed by atoms with Crippen molar-refractivity contribution in [2.45, 2.75) is 50.5 Å². The first kappa shape index (κ1) is 31.2. The van der Waals surface area contributed by atoms with Gasteiger partial charge in [0.1, 0.15) is 11.7 Å². The number of aliphatic hydroxyl groups excluding tert-OH is 1. The zero-order valence-electron chi connectivity index (χ0n) is 24.8. The molecule has 0 aliphatic heterocycles. The lowest BCUT2D eigenvalue weighted by atomic mass is 9.57. The number of nitrogens with two attached hydrogens (primary N) is 1. The molecular formula is C29H39N5O8. The molecule has 1 saturated carbocycles. The number of hydrogen-bond acceptors (Lipinski definition) is 11. The van der Waals surface area contributed by atoms with Crippen LogP contribution in [0.5, 0.6) is 11.5 Å². The van der Waals surface area contributed by atoms with Crippen LogP contribution in [0.3, 0.4) is 0 Å². The molecule has 2 aliphatic rings. The van der Waals surface area contributed by atoms with Gasteiger partial charge in [0.15, 0.2) is 17.1 Å². The average molecular weight is 586 g/mol. The second kappa shape index (κ2) is 10.5. The fourth-order valence-electron chi connectivity index (χ4n) is 6.20. The van der Waals surface area contributed by atoms with E-state index in [2.05, 4.69) is 10.6 Å². The zero-order valence-corrected chi connectivity index (χ0v) is 24.8. The maximum atomic E-state index is 14.0.